The summed E-state index contributed by atoms with van der Waals surface area (Å²) in [5, 5.41) is 24.8. The van der Waals surface area contributed by atoms with E-state index in [0.29, 0.717) is 28.2 Å². The lowest BCUT2D eigenvalue weighted by Crippen LogP contribution is -2.14. The summed E-state index contributed by atoms with van der Waals surface area (Å²) >= 11 is 4.61. The Morgan fingerprint density at radius 2 is 2.34 bits per heavy atom. The molecule has 1 N–H and O–H groups in total. The van der Waals surface area contributed by atoms with Gasteiger partial charge in [-0.2, -0.15) is 5.26 Å². The fourth-order valence-corrected chi connectivity index (χ4v) is 6.77. The number of nitrogens with zero attached hydrogens (tertiary/aromatic N) is 4. The number of anilines is 1. The minimum atomic E-state index is -0.142. The van der Waals surface area contributed by atoms with Crippen LogP contribution in [0.1, 0.15) is 41.1 Å². The number of fused-ring (bicyclic) bond motifs is 1. The molecule has 0 fully saturated rings. The molecule has 32 heavy (non-hydrogen) atoms. The normalized spacial score (nSPS) is 15.2. The molecule has 0 bridgehead atoms. The molecular formula is C23H25N5OS3. The largest absolute Gasteiger partial charge is 0.316 e. The summed E-state index contributed by atoms with van der Waals surface area (Å²) in [6.07, 6.45) is 5.77. The molecule has 0 aliphatic heterocycles. The summed E-state index contributed by atoms with van der Waals surface area (Å²) in [5.74, 6) is 1.46. The molecule has 6 nitrogen and oxygen atoms in total. The minimum absolute atomic E-state index is 0.142. The van der Waals surface area contributed by atoms with Crippen molar-refractivity contribution >= 4 is 45.3 Å². The van der Waals surface area contributed by atoms with Crippen molar-refractivity contribution < 1.29 is 4.79 Å². The number of aromatic nitrogens is 3. The van der Waals surface area contributed by atoms with Crippen molar-refractivity contribution in [2.45, 2.75) is 51.2 Å². The maximum Gasteiger partial charge on any atom is 0.235 e. The van der Waals surface area contributed by atoms with Gasteiger partial charge in [-0.1, -0.05) is 31.7 Å². The second kappa shape index (κ2) is 10.0. The lowest BCUT2D eigenvalue weighted by Gasteiger charge is -2.17. The zero-order valence-electron chi connectivity index (χ0n) is 18.2. The summed E-state index contributed by atoms with van der Waals surface area (Å²) in [6, 6.07) is 4.44. The first-order valence-electron chi connectivity index (χ1n) is 10.6. The van der Waals surface area contributed by atoms with Gasteiger partial charge in [0.1, 0.15) is 11.1 Å². The topological polar surface area (TPSA) is 83.6 Å². The van der Waals surface area contributed by atoms with Crippen LogP contribution in [0.15, 0.2) is 29.3 Å². The Kier molecular flexibility index (Phi) is 7.13. The van der Waals surface area contributed by atoms with Crippen molar-refractivity contribution in [1.29, 1.82) is 5.26 Å². The van der Waals surface area contributed by atoms with E-state index in [4.69, 9.17) is 0 Å². The van der Waals surface area contributed by atoms with Crippen molar-refractivity contribution in [3.8, 4) is 17.5 Å². The molecule has 3 heterocycles. The van der Waals surface area contributed by atoms with E-state index in [-0.39, 0.29) is 11.7 Å². The van der Waals surface area contributed by atoms with E-state index in [1.807, 2.05) is 4.57 Å². The second-order valence-corrected chi connectivity index (χ2v) is 10.9. The van der Waals surface area contributed by atoms with Crippen molar-refractivity contribution in [3.05, 3.63) is 45.0 Å². The first-order chi connectivity index (χ1) is 15.5. The fourth-order valence-electron chi connectivity index (χ4n) is 3.84. The van der Waals surface area contributed by atoms with Crippen LogP contribution < -0.4 is 5.32 Å². The molecule has 0 saturated carbocycles. The molecule has 3 aromatic heterocycles. The van der Waals surface area contributed by atoms with E-state index in [1.165, 1.54) is 21.5 Å². The van der Waals surface area contributed by atoms with Crippen molar-refractivity contribution in [2.75, 3.05) is 11.1 Å². The Morgan fingerprint density at radius 1 is 1.50 bits per heavy atom. The van der Waals surface area contributed by atoms with Gasteiger partial charge < -0.3 is 5.32 Å². The number of aryl methyl sites for hydroxylation is 1. The van der Waals surface area contributed by atoms with Gasteiger partial charge in [0.15, 0.2) is 11.0 Å². The van der Waals surface area contributed by atoms with E-state index >= 15 is 0 Å². The number of thiophene rings is 2. The number of carbonyl (C=O) groups excluding carboxylic acids is 1. The third-order valence-corrected chi connectivity index (χ3v) is 8.72. The SMILES string of the molecule is C=CCn1c(SCC(=O)Nc2sc3c(c2C#N)CCC(C)C3)nnc1-c1csc(CC)c1. The maximum atomic E-state index is 12.7. The third kappa shape index (κ3) is 4.68. The molecule has 9 heteroatoms. The summed E-state index contributed by atoms with van der Waals surface area (Å²) in [4.78, 5) is 15.2. The first-order valence-corrected chi connectivity index (χ1v) is 13.3. The summed E-state index contributed by atoms with van der Waals surface area (Å²) in [5.41, 5.74) is 2.79. The molecule has 1 aliphatic carbocycles. The van der Waals surface area contributed by atoms with Crippen LogP contribution in [-0.2, 0) is 30.6 Å². The molecule has 1 aliphatic rings. The molecule has 1 atom stereocenters. The van der Waals surface area contributed by atoms with Crippen LogP contribution >= 0.6 is 34.4 Å². The average Bonchev–Trinajstić information content (AvgIpc) is 3.48. The predicted molar refractivity (Wildman–Crippen MR) is 132 cm³/mol. The van der Waals surface area contributed by atoms with Gasteiger partial charge in [-0.25, -0.2) is 0 Å². The number of hydrogen-bond acceptors (Lipinski definition) is 7. The van der Waals surface area contributed by atoms with Gasteiger partial charge in [0.25, 0.3) is 0 Å². The maximum absolute atomic E-state index is 12.7. The number of allylic oxidation sites excluding steroid dienone is 1. The van der Waals surface area contributed by atoms with Crippen LogP contribution in [0, 0.1) is 17.2 Å². The van der Waals surface area contributed by atoms with E-state index in [2.05, 4.69) is 53.5 Å². The standard InChI is InChI=1S/C23H25N5OS3/c1-4-8-28-21(15-10-16(5-2)30-12-15)26-27-23(28)31-13-20(29)25-22-18(11-24)17-7-6-14(3)9-19(17)32-22/h4,10,12,14H,1,5-9,13H2,2-3H3,(H,25,29). The third-order valence-electron chi connectivity index (χ3n) is 5.50. The summed E-state index contributed by atoms with van der Waals surface area (Å²) in [7, 11) is 0. The number of carbonyl (C=O) groups is 1. The monoisotopic (exact) mass is 483 g/mol. The number of thioether (sulfide) groups is 1. The molecule has 166 valence electrons. The Balaban J connectivity index is 1.47. The highest BCUT2D eigenvalue weighted by molar-refractivity contribution is 7.99. The van der Waals surface area contributed by atoms with E-state index < -0.39 is 0 Å². The van der Waals surface area contributed by atoms with Crippen LogP contribution in [0.5, 0.6) is 0 Å². The van der Waals surface area contributed by atoms with Crippen LogP contribution in [-0.4, -0.2) is 26.4 Å². The summed E-state index contributed by atoms with van der Waals surface area (Å²) in [6.45, 7) is 8.78. The Labute approximate surface area is 200 Å². The lowest BCUT2D eigenvalue weighted by atomic mass is 9.89. The molecule has 0 saturated heterocycles. The molecule has 1 amide bonds. The molecule has 0 spiro atoms. The molecule has 1 unspecified atom stereocenters. The number of nitriles is 1. The minimum Gasteiger partial charge on any atom is -0.316 e. The van der Waals surface area contributed by atoms with E-state index in [0.717, 1.165) is 42.6 Å². The number of amides is 1. The van der Waals surface area contributed by atoms with Gasteiger partial charge in [-0.15, -0.1) is 39.4 Å². The Bertz CT molecular complexity index is 1180. The molecule has 3 aromatic rings. The van der Waals surface area contributed by atoms with Crippen molar-refractivity contribution in [1.82, 2.24) is 14.8 Å². The summed E-state index contributed by atoms with van der Waals surface area (Å²) < 4.78 is 1.98. The van der Waals surface area contributed by atoms with Crippen molar-refractivity contribution in [3.63, 3.8) is 0 Å². The zero-order valence-corrected chi connectivity index (χ0v) is 20.6. The highest BCUT2D eigenvalue weighted by Crippen LogP contribution is 2.39. The number of rotatable bonds is 8. The van der Waals surface area contributed by atoms with Crippen molar-refractivity contribution in [2.24, 2.45) is 5.92 Å². The van der Waals surface area contributed by atoms with Gasteiger partial charge in [-0.05, 0) is 43.2 Å². The lowest BCUT2D eigenvalue weighted by molar-refractivity contribution is -0.113. The van der Waals surface area contributed by atoms with Gasteiger partial charge in [0, 0.05) is 27.2 Å². The van der Waals surface area contributed by atoms with E-state index in [9.17, 15) is 10.1 Å². The highest BCUT2D eigenvalue weighted by Gasteiger charge is 2.25. The quantitative estimate of drug-likeness (QED) is 0.336. The number of hydrogen-bond donors (Lipinski definition) is 1. The molecule has 4 rings (SSSR count). The van der Waals surface area contributed by atoms with Gasteiger partial charge in [0.05, 0.1) is 11.3 Å². The van der Waals surface area contributed by atoms with E-state index in [1.54, 1.807) is 28.7 Å². The molecule has 0 aromatic carbocycles. The number of nitrogens with one attached hydrogen (secondary N) is 1. The first kappa shape index (κ1) is 22.8. The van der Waals surface area contributed by atoms with Crippen LogP contribution in [0.3, 0.4) is 0 Å². The predicted octanol–water partition coefficient (Wildman–Crippen LogP) is 5.54. The van der Waals surface area contributed by atoms with Crippen LogP contribution in [0.2, 0.25) is 0 Å². The van der Waals surface area contributed by atoms with Gasteiger partial charge >= 0.3 is 0 Å². The highest BCUT2D eigenvalue weighted by atomic mass is 32.2. The Hall–Kier alpha value is -2.41. The van der Waals surface area contributed by atoms with Crippen LogP contribution in [0.4, 0.5) is 5.00 Å². The van der Waals surface area contributed by atoms with Crippen LogP contribution in [0.25, 0.3) is 11.4 Å². The molecule has 0 radical (unpaired) electrons. The Morgan fingerprint density at radius 3 is 3.06 bits per heavy atom. The fraction of sp³-hybridized carbons (Fsp3) is 0.391. The molecular weight excluding hydrogens is 458 g/mol. The smallest absolute Gasteiger partial charge is 0.235 e. The van der Waals surface area contributed by atoms with Gasteiger partial charge in [-0.3, -0.25) is 9.36 Å². The average molecular weight is 484 g/mol. The van der Waals surface area contributed by atoms with Gasteiger partial charge in [0.2, 0.25) is 5.91 Å². The zero-order chi connectivity index (χ0) is 22.7. The second-order valence-electron chi connectivity index (χ2n) is 7.87.